The van der Waals surface area contributed by atoms with Crippen molar-refractivity contribution in [1.29, 1.82) is 0 Å². The van der Waals surface area contributed by atoms with E-state index in [2.05, 4.69) is 10.6 Å². The Kier molecular flexibility index (Phi) is 6.53. The smallest absolute Gasteiger partial charge is 0.269 e. The molecule has 25 heavy (non-hydrogen) atoms. The van der Waals surface area contributed by atoms with E-state index in [0.717, 1.165) is 17.0 Å². The highest BCUT2D eigenvalue weighted by atomic mass is 16.6. The number of hydrogen-bond donors (Lipinski definition) is 2. The van der Waals surface area contributed by atoms with Crippen LogP contribution in [0, 0.1) is 10.1 Å². The van der Waals surface area contributed by atoms with Crippen molar-refractivity contribution in [3.8, 4) is 5.75 Å². The zero-order chi connectivity index (χ0) is 18.1. The molecule has 0 aliphatic carbocycles. The van der Waals surface area contributed by atoms with Crippen molar-refractivity contribution in [2.45, 2.75) is 0 Å². The lowest BCUT2D eigenvalue weighted by Gasteiger charge is -2.06. The van der Waals surface area contributed by atoms with Crippen molar-refractivity contribution in [1.82, 2.24) is 5.32 Å². The molecule has 2 rings (SSSR count). The second kappa shape index (κ2) is 9.07. The SMILES string of the molecule is COc1cccc(/C=C/C(=O)NCCNc2ccc([N+](=O)[O-])cc2)c1. The number of methoxy groups -OCH3 is 1. The molecule has 0 saturated heterocycles. The van der Waals surface area contributed by atoms with Gasteiger partial charge < -0.3 is 15.4 Å². The molecular formula is C18H19N3O4. The van der Waals surface area contributed by atoms with Crippen molar-refractivity contribution in [2.24, 2.45) is 0 Å². The van der Waals surface area contributed by atoms with Crippen LogP contribution in [0.15, 0.2) is 54.6 Å². The van der Waals surface area contributed by atoms with Gasteiger partial charge in [-0.15, -0.1) is 0 Å². The number of benzene rings is 2. The molecule has 2 aromatic rings. The van der Waals surface area contributed by atoms with Crippen molar-refractivity contribution in [3.05, 3.63) is 70.3 Å². The Hall–Kier alpha value is -3.35. The summed E-state index contributed by atoms with van der Waals surface area (Å²) < 4.78 is 5.12. The summed E-state index contributed by atoms with van der Waals surface area (Å²) in [5.41, 5.74) is 1.67. The van der Waals surface area contributed by atoms with E-state index in [1.54, 1.807) is 25.3 Å². The second-order valence-electron chi connectivity index (χ2n) is 5.13. The number of ether oxygens (including phenoxy) is 1. The Morgan fingerprint density at radius 1 is 1.20 bits per heavy atom. The molecule has 0 atom stereocenters. The molecule has 0 spiro atoms. The molecule has 0 bridgehead atoms. The number of hydrogen-bond acceptors (Lipinski definition) is 5. The van der Waals surface area contributed by atoms with E-state index in [1.807, 2.05) is 24.3 Å². The summed E-state index contributed by atoms with van der Waals surface area (Å²) >= 11 is 0. The Labute approximate surface area is 145 Å². The summed E-state index contributed by atoms with van der Waals surface area (Å²) in [6.07, 6.45) is 3.17. The van der Waals surface area contributed by atoms with Gasteiger partial charge in [-0.25, -0.2) is 0 Å². The lowest BCUT2D eigenvalue weighted by molar-refractivity contribution is -0.384. The van der Waals surface area contributed by atoms with Crippen LogP contribution < -0.4 is 15.4 Å². The number of non-ortho nitro benzene ring substituents is 1. The summed E-state index contributed by atoms with van der Waals surface area (Å²) in [5, 5.41) is 16.4. The highest BCUT2D eigenvalue weighted by Gasteiger charge is 2.03. The third kappa shape index (κ3) is 5.98. The van der Waals surface area contributed by atoms with Crippen LogP contribution in [-0.4, -0.2) is 31.0 Å². The number of nitro groups is 1. The first-order chi connectivity index (χ1) is 12.1. The topological polar surface area (TPSA) is 93.5 Å². The molecule has 7 heteroatoms. The van der Waals surface area contributed by atoms with Gasteiger partial charge >= 0.3 is 0 Å². The zero-order valence-corrected chi connectivity index (χ0v) is 13.8. The minimum atomic E-state index is -0.446. The number of carbonyl (C=O) groups excluding carboxylic acids is 1. The summed E-state index contributed by atoms with van der Waals surface area (Å²) in [4.78, 5) is 21.9. The minimum absolute atomic E-state index is 0.0431. The van der Waals surface area contributed by atoms with Gasteiger partial charge in [0.25, 0.3) is 5.69 Å². The minimum Gasteiger partial charge on any atom is -0.497 e. The van der Waals surface area contributed by atoms with Crippen LogP contribution in [0.2, 0.25) is 0 Å². The number of nitrogens with zero attached hydrogens (tertiary/aromatic N) is 1. The maximum absolute atomic E-state index is 11.8. The van der Waals surface area contributed by atoms with Gasteiger partial charge in [0.15, 0.2) is 0 Å². The molecule has 0 saturated carbocycles. The summed E-state index contributed by atoms with van der Waals surface area (Å²) in [6.45, 7) is 0.939. The summed E-state index contributed by atoms with van der Waals surface area (Å²) in [7, 11) is 1.59. The second-order valence-corrected chi connectivity index (χ2v) is 5.13. The largest absolute Gasteiger partial charge is 0.497 e. The van der Waals surface area contributed by atoms with Gasteiger partial charge in [-0.1, -0.05) is 12.1 Å². The number of nitro benzene ring substituents is 1. The van der Waals surface area contributed by atoms with Gasteiger partial charge in [-0.2, -0.15) is 0 Å². The fourth-order valence-electron chi connectivity index (χ4n) is 2.07. The average molecular weight is 341 g/mol. The van der Waals surface area contributed by atoms with Crippen LogP contribution >= 0.6 is 0 Å². The maximum Gasteiger partial charge on any atom is 0.269 e. The average Bonchev–Trinajstić information content (AvgIpc) is 2.64. The Balaban J connectivity index is 1.73. The van der Waals surface area contributed by atoms with E-state index in [4.69, 9.17) is 4.74 Å². The van der Waals surface area contributed by atoms with Crippen LogP contribution in [0.3, 0.4) is 0 Å². The van der Waals surface area contributed by atoms with Gasteiger partial charge in [0.05, 0.1) is 12.0 Å². The zero-order valence-electron chi connectivity index (χ0n) is 13.8. The van der Waals surface area contributed by atoms with E-state index in [1.165, 1.54) is 18.2 Å². The third-order valence-corrected chi connectivity index (χ3v) is 3.35. The van der Waals surface area contributed by atoms with Gasteiger partial charge in [0.2, 0.25) is 5.91 Å². The molecule has 0 aliphatic heterocycles. The maximum atomic E-state index is 11.8. The van der Waals surface area contributed by atoms with Crippen LogP contribution in [0.5, 0.6) is 5.75 Å². The predicted molar refractivity (Wildman–Crippen MR) is 96.6 cm³/mol. The molecule has 0 aliphatic rings. The van der Waals surface area contributed by atoms with Gasteiger partial charge in [-0.3, -0.25) is 14.9 Å². The molecule has 7 nitrogen and oxygen atoms in total. The molecule has 0 unspecified atom stereocenters. The standard InChI is InChI=1S/C18H19N3O4/c1-25-17-4-2-3-14(13-17)5-10-18(22)20-12-11-19-15-6-8-16(9-7-15)21(23)24/h2-10,13,19H,11-12H2,1H3,(H,20,22)/b10-5+. The Bertz CT molecular complexity index is 757. The van der Waals surface area contributed by atoms with Crippen molar-refractivity contribution >= 4 is 23.4 Å². The van der Waals surface area contributed by atoms with E-state index >= 15 is 0 Å². The molecular weight excluding hydrogens is 322 g/mol. The van der Waals surface area contributed by atoms with Crippen molar-refractivity contribution in [2.75, 3.05) is 25.5 Å². The van der Waals surface area contributed by atoms with Crippen molar-refractivity contribution in [3.63, 3.8) is 0 Å². The number of nitrogens with one attached hydrogen (secondary N) is 2. The Morgan fingerprint density at radius 3 is 2.64 bits per heavy atom. The highest BCUT2D eigenvalue weighted by molar-refractivity contribution is 5.91. The molecule has 2 aromatic carbocycles. The lowest BCUT2D eigenvalue weighted by atomic mass is 10.2. The molecule has 2 N–H and O–H groups in total. The Morgan fingerprint density at radius 2 is 1.96 bits per heavy atom. The number of anilines is 1. The molecule has 0 heterocycles. The predicted octanol–water partition coefficient (Wildman–Crippen LogP) is 2.84. The van der Waals surface area contributed by atoms with E-state index in [9.17, 15) is 14.9 Å². The monoisotopic (exact) mass is 341 g/mol. The van der Waals surface area contributed by atoms with Gasteiger partial charge in [0.1, 0.15) is 5.75 Å². The number of rotatable bonds is 8. The van der Waals surface area contributed by atoms with Crippen LogP contribution in [-0.2, 0) is 4.79 Å². The highest BCUT2D eigenvalue weighted by Crippen LogP contribution is 2.15. The quantitative estimate of drug-likeness (QED) is 0.333. The third-order valence-electron chi connectivity index (χ3n) is 3.35. The normalized spacial score (nSPS) is 10.4. The van der Waals surface area contributed by atoms with Crippen LogP contribution in [0.1, 0.15) is 5.56 Å². The summed E-state index contributed by atoms with van der Waals surface area (Å²) in [6, 6.07) is 13.5. The lowest BCUT2D eigenvalue weighted by Crippen LogP contribution is -2.27. The first kappa shape index (κ1) is 18.0. The van der Waals surface area contributed by atoms with Gasteiger partial charge in [0, 0.05) is 37.0 Å². The van der Waals surface area contributed by atoms with E-state index < -0.39 is 4.92 Å². The molecule has 0 aromatic heterocycles. The first-order valence-corrected chi connectivity index (χ1v) is 7.67. The first-order valence-electron chi connectivity index (χ1n) is 7.67. The molecule has 0 radical (unpaired) electrons. The number of amides is 1. The van der Waals surface area contributed by atoms with Gasteiger partial charge in [-0.05, 0) is 35.9 Å². The number of carbonyl (C=O) groups is 1. The van der Waals surface area contributed by atoms with Crippen molar-refractivity contribution < 1.29 is 14.5 Å². The summed E-state index contributed by atoms with van der Waals surface area (Å²) in [5.74, 6) is 0.531. The van der Waals surface area contributed by atoms with E-state index in [0.29, 0.717) is 13.1 Å². The van der Waals surface area contributed by atoms with Crippen LogP contribution in [0.25, 0.3) is 6.08 Å². The fourth-order valence-corrected chi connectivity index (χ4v) is 2.07. The van der Waals surface area contributed by atoms with Crippen LogP contribution in [0.4, 0.5) is 11.4 Å². The molecule has 1 amide bonds. The molecule has 0 fully saturated rings. The fraction of sp³-hybridized carbons (Fsp3) is 0.167. The van der Waals surface area contributed by atoms with E-state index in [-0.39, 0.29) is 11.6 Å². The molecule has 130 valence electrons.